The number of carbonyl (C=O) groups is 1. The monoisotopic (exact) mass is 281 g/mol. The zero-order chi connectivity index (χ0) is 13.1. The molecule has 0 spiro atoms. The minimum atomic E-state index is -0.977. The Labute approximate surface area is 112 Å². The summed E-state index contributed by atoms with van der Waals surface area (Å²) in [5.74, 6) is -0.315. The molecule has 0 unspecified atom stereocenters. The summed E-state index contributed by atoms with van der Waals surface area (Å²) < 4.78 is 0. The number of nitrogens with one attached hydrogen (secondary N) is 1. The molecule has 2 rings (SSSR count). The molecule has 2 heterocycles. The molecule has 94 valence electrons. The molecule has 0 aliphatic rings. The predicted octanol–water partition coefficient (Wildman–Crippen LogP) is 2.70. The molecule has 0 atom stereocenters. The van der Waals surface area contributed by atoms with Gasteiger partial charge in [0, 0.05) is 4.88 Å². The van der Waals surface area contributed by atoms with E-state index in [1.54, 1.807) is 13.0 Å². The van der Waals surface area contributed by atoms with Gasteiger partial charge >= 0.3 is 5.97 Å². The molecular formula is C11H11N3O2S2. The number of thiophene rings is 1. The first-order valence-electron chi connectivity index (χ1n) is 5.12. The van der Waals surface area contributed by atoms with Gasteiger partial charge in [0.1, 0.15) is 10.7 Å². The zero-order valence-corrected chi connectivity index (χ0v) is 11.4. The summed E-state index contributed by atoms with van der Waals surface area (Å²) in [5.41, 5.74) is 1.06. The third-order valence-electron chi connectivity index (χ3n) is 2.15. The van der Waals surface area contributed by atoms with Crippen LogP contribution in [-0.4, -0.2) is 26.3 Å². The van der Waals surface area contributed by atoms with E-state index in [1.807, 2.05) is 18.4 Å². The smallest absolute Gasteiger partial charge is 0.342 e. The van der Waals surface area contributed by atoms with E-state index >= 15 is 0 Å². The number of carboxylic acids is 1. The number of hydrogen-bond donors (Lipinski definition) is 2. The summed E-state index contributed by atoms with van der Waals surface area (Å²) >= 11 is 2.55. The van der Waals surface area contributed by atoms with Gasteiger partial charge in [-0.15, -0.1) is 16.4 Å². The van der Waals surface area contributed by atoms with Gasteiger partial charge in [0.05, 0.1) is 0 Å². The molecule has 7 heteroatoms. The number of aromatic nitrogens is 3. The molecule has 5 nitrogen and oxygen atoms in total. The molecule has 0 saturated heterocycles. The van der Waals surface area contributed by atoms with Crippen LogP contribution in [0.1, 0.15) is 16.3 Å². The predicted molar refractivity (Wildman–Crippen MR) is 71.6 cm³/mol. The highest BCUT2D eigenvalue weighted by molar-refractivity contribution is 8.04. The van der Waals surface area contributed by atoms with Crippen molar-refractivity contribution >= 4 is 35.1 Å². The SMILES string of the molecule is Cc1nc(S/C(=C\c2sccc2C)C(=O)O)n[nH]1. The number of aromatic amines is 1. The summed E-state index contributed by atoms with van der Waals surface area (Å²) in [6, 6.07) is 1.96. The average molecular weight is 281 g/mol. The summed E-state index contributed by atoms with van der Waals surface area (Å²) in [7, 11) is 0. The van der Waals surface area contributed by atoms with E-state index in [4.69, 9.17) is 0 Å². The van der Waals surface area contributed by atoms with Crippen LogP contribution in [0.3, 0.4) is 0 Å². The van der Waals surface area contributed by atoms with Gasteiger partial charge < -0.3 is 5.11 Å². The minimum Gasteiger partial charge on any atom is -0.477 e. The van der Waals surface area contributed by atoms with E-state index in [1.165, 1.54) is 11.3 Å². The molecule has 18 heavy (non-hydrogen) atoms. The van der Waals surface area contributed by atoms with Crippen molar-refractivity contribution in [3.63, 3.8) is 0 Å². The molecule has 2 N–H and O–H groups in total. The Kier molecular flexibility index (Phi) is 3.83. The maximum atomic E-state index is 11.2. The quantitative estimate of drug-likeness (QED) is 0.665. The van der Waals surface area contributed by atoms with Gasteiger partial charge in [-0.25, -0.2) is 9.78 Å². The lowest BCUT2D eigenvalue weighted by atomic mass is 10.3. The maximum absolute atomic E-state index is 11.2. The summed E-state index contributed by atoms with van der Waals surface area (Å²) in [5, 5.41) is 18.1. The van der Waals surface area contributed by atoms with Gasteiger partial charge in [-0.05, 0) is 48.7 Å². The van der Waals surface area contributed by atoms with E-state index in [0.717, 1.165) is 22.2 Å². The van der Waals surface area contributed by atoms with Crippen LogP contribution in [0.5, 0.6) is 0 Å². The third-order valence-corrected chi connectivity index (χ3v) is 4.00. The van der Waals surface area contributed by atoms with E-state index in [9.17, 15) is 9.90 Å². The Hall–Kier alpha value is -1.60. The average Bonchev–Trinajstić information content (AvgIpc) is 2.88. The molecule has 0 bridgehead atoms. The molecular weight excluding hydrogens is 270 g/mol. The number of nitrogens with zero attached hydrogens (tertiary/aromatic N) is 2. The molecule has 0 aliphatic heterocycles. The standard InChI is InChI=1S/C11H11N3O2S2/c1-6-3-4-17-8(6)5-9(10(15)16)18-11-12-7(2)13-14-11/h3-5H,1-2H3,(H,15,16)(H,12,13,14)/b9-5-. The van der Waals surface area contributed by atoms with Crippen LogP contribution >= 0.6 is 23.1 Å². The van der Waals surface area contributed by atoms with E-state index in [2.05, 4.69) is 15.2 Å². The van der Waals surface area contributed by atoms with E-state index in [-0.39, 0.29) is 4.91 Å². The summed E-state index contributed by atoms with van der Waals surface area (Å²) in [6.45, 7) is 3.72. The van der Waals surface area contributed by atoms with Crippen LogP contribution in [0, 0.1) is 13.8 Å². The molecule has 0 radical (unpaired) electrons. The highest BCUT2D eigenvalue weighted by Crippen LogP contribution is 2.28. The van der Waals surface area contributed by atoms with Gasteiger partial charge in [-0.2, -0.15) is 0 Å². The second-order valence-electron chi connectivity index (χ2n) is 3.59. The second kappa shape index (κ2) is 5.36. The maximum Gasteiger partial charge on any atom is 0.342 e. The lowest BCUT2D eigenvalue weighted by Crippen LogP contribution is -1.97. The van der Waals surface area contributed by atoms with Gasteiger partial charge in [-0.3, -0.25) is 5.10 Å². The van der Waals surface area contributed by atoms with Crippen molar-refractivity contribution in [1.29, 1.82) is 0 Å². The third kappa shape index (κ3) is 2.99. The van der Waals surface area contributed by atoms with E-state index < -0.39 is 5.97 Å². The molecule has 2 aromatic heterocycles. The van der Waals surface area contributed by atoms with Gasteiger partial charge in [0.25, 0.3) is 0 Å². The number of H-pyrrole nitrogens is 1. The fourth-order valence-electron chi connectivity index (χ4n) is 1.25. The lowest BCUT2D eigenvalue weighted by molar-refractivity contribution is -0.131. The number of aliphatic carboxylic acids is 1. The summed E-state index contributed by atoms with van der Waals surface area (Å²) in [6.07, 6.45) is 1.65. The number of rotatable bonds is 4. The van der Waals surface area contributed by atoms with Crippen molar-refractivity contribution in [1.82, 2.24) is 15.2 Å². The van der Waals surface area contributed by atoms with Crippen molar-refractivity contribution in [2.24, 2.45) is 0 Å². The molecule has 0 aromatic carbocycles. The van der Waals surface area contributed by atoms with Gasteiger partial charge in [-0.1, -0.05) is 0 Å². The van der Waals surface area contributed by atoms with Crippen molar-refractivity contribution in [3.05, 3.63) is 32.6 Å². The number of thioether (sulfide) groups is 1. The minimum absolute atomic E-state index is 0.208. The Morgan fingerprint density at radius 1 is 1.56 bits per heavy atom. The normalized spacial score (nSPS) is 11.8. The van der Waals surface area contributed by atoms with Crippen molar-refractivity contribution < 1.29 is 9.90 Å². The van der Waals surface area contributed by atoms with Crippen molar-refractivity contribution in [2.45, 2.75) is 19.0 Å². The van der Waals surface area contributed by atoms with Crippen molar-refractivity contribution in [3.8, 4) is 0 Å². The molecule has 0 amide bonds. The fourth-order valence-corrected chi connectivity index (χ4v) is 2.92. The molecule has 0 aliphatic carbocycles. The van der Waals surface area contributed by atoms with Crippen LogP contribution in [-0.2, 0) is 4.79 Å². The Balaban J connectivity index is 2.27. The Morgan fingerprint density at radius 2 is 2.33 bits per heavy atom. The van der Waals surface area contributed by atoms with Crippen LogP contribution < -0.4 is 0 Å². The molecule has 2 aromatic rings. The highest BCUT2D eigenvalue weighted by atomic mass is 32.2. The van der Waals surface area contributed by atoms with Crippen LogP contribution in [0.15, 0.2) is 21.5 Å². The lowest BCUT2D eigenvalue weighted by Gasteiger charge is -1.98. The van der Waals surface area contributed by atoms with Crippen LogP contribution in [0.2, 0.25) is 0 Å². The second-order valence-corrected chi connectivity index (χ2v) is 5.54. The van der Waals surface area contributed by atoms with Crippen LogP contribution in [0.25, 0.3) is 6.08 Å². The zero-order valence-electron chi connectivity index (χ0n) is 9.80. The number of carboxylic acid groups (broad SMARTS) is 1. The fraction of sp³-hybridized carbons (Fsp3) is 0.182. The first kappa shape index (κ1) is 12.8. The van der Waals surface area contributed by atoms with Crippen molar-refractivity contribution in [2.75, 3.05) is 0 Å². The first-order valence-corrected chi connectivity index (χ1v) is 6.82. The first-order chi connectivity index (χ1) is 8.56. The largest absolute Gasteiger partial charge is 0.477 e. The van der Waals surface area contributed by atoms with E-state index in [0.29, 0.717) is 11.0 Å². The van der Waals surface area contributed by atoms with Gasteiger partial charge in [0.2, 0.25) is 5.16 Å². The van der Waals surface area contributed by atoms with Gasteiger partial charge in [0.15, 0.2) is 0 Å². The molecule has 0 saturated carbocycles. The summed E-state index contributed by atoms with van der Waals surface area (Å²) in [4.78, 5) is 16.4. The molecule has 0 fully saturated rings. The van der Waals surface area contributed by atoms with Crippen LogP contribution in [0.4, 0.5) is 0 Å². The topological polar surface area (TPSA) is 78.9 Å². The number of hydrogen-bond acceptors (Lipinski definition) is 5. The Morgan fingerprint density at radius 3 is 2.83 bits per heavy atom. The number of aryl methyl sites for hydroxylation is 2. The highest BCUT2D eigenvalue weighted by Gasteiger charge is 2.13. The Bertz CT molecular complexity index is 601.